The average molecular weight is 191 g/mol. The molecule has 14 heavy (non-hydrogen) atoms. The molecule has 2 rings (SSSR count). The molecular formula is C12H17NO. The van der Waals surface area contributed by atoms with Crippen LogP contribution in [0.2, 0.25) is 0 Å². The van der Waals surface area contributed by atoms with Gasteiger partial charge in [0.05, 0.1) is 11.8 Å². The second-order valence-corrected chi connectivity index (χ2v) is 4.31. The van der Waals surface area contributed by atoms with Crippen molar-refractivity contribution in [1.82, 2.24) is 4.98 Å². The van der Waals surface area contributed by atoms with E-state index in [-0.39, 0.29) is 0 Å². The topological polar surface area (TPSA) is 22.1 Å². The molecule has 1 aliphatic rings. The zero-order valence-electron chi connectivity index (χ0n) is 9.08. The molecule has 0 saturated heterocycles. The Balaban J connectivity index is 2.31. The van der Waals surface area contributed by atoms with Crippen LogP contribution in [0.15, 0.2) is 12.3 Å². The molecule has 2 nitrogen and oxygen atoms in total. The van der Waals surface area contributed by atoms with Crippen molar-refractivity contribution in [3.8, 4) is 5.75 Å². The van der Waals surface area contributed by atoms with Crippen LogP contribution < -0.4 is 4.74 Å². The highest BCUT2D eigenvalue weighted by molar-refractivity contribution is 5.38. The monoisotopic (exact) mass is 191 g/mol. The molecule has 1 heterocycles. The molecule has 0 radical (unpaired) electrons. The highest BCUT2D eigenvalue weighted by atomic mass is 16.5. The first kappa shape index (κ1) is 9.50. The molecule has 2 heteroatoms. The average Bonchev–Trinajstić information content (AvgIpc) is 2.91. The number of nitrogens with zero attached hydrogens (tertiary/aromatic N) is 1. The molecule has 76 valence electrons. The van der Waals surface area contributed by atoms with Gasteiger partial charge in [-0.05, 0) is 37.3 Å². The highest BCUT2D eigenvalue weighted by Crippen LogP contribution is 2.33. The zero-order chi connectivity index (χ0) is 10.1. The van der Waals surface area contributed by atoms with Gasteiger partial charge < -0.3 is 4.74 Å². The van der Waals surface area contributed by atoms with Crippen LogP contribution in [-0.4, -0.2) is 11.1 Å². The summed E-state index contributed by atoms with van der Waals surface area (Å²) in [6.45, 7) is 6.40. The van der Waals surface area contributed by atoms with E-state index in [1.54, 1.807) is 0 Å². The normalized spacial score (nSPS) is 16.0. The number of rotatable bonds is 3. The molecule has 0 aliphatic heterocycles. The fourth-order valence-electron chi connectivity index (χ4n) is 1.48. The minimum absolute atomic E-state index is 0.434. The molecule has 0 atom stereocenters. The van der Waals surface area contributed by atoms with E-state index in [1.165, 1.54) is 18.4 Å². The van der Waals surface area contributed by atoms with Crippen molar-refractivity contribution in [3.63, 3.8) is 0 Å². The standard InChI is InChI=1S/C12H17NO/c1-8(2)11-12(14-10-4-5-10)9(3)6-7-13-11/h6-8,10H,4-5H2,1-3H3. The highest BCUT2D eigenvalue weighted by Gasteiger charge is 2.26. The summed E-state index contributed by atoms with van der Waals surface area (Å²) in [5.74, 6) is 1.45. The lowest BCUT2D eigenvalue weighted by Gasteiger charge is -2.14. The SMILES string of the molecule is Cc1ccnc(C(C)C)c1OC1CC1. The Kier molecular flexibility index (Phi) is 2.44. The Hall–Kier alpha value is -1.05. The fraction of sp³-hybridized carbons (Fsp3) is 0.583. The Morgan fingerprint density at radius 3 is 2.71 bits per heavy atom. The Bertz CT molecular complexity index is 329. The third-order valence-electron chi connectivity index (χ3n) is 2.48. The molecule has 1 fully saturated rings. The number of hydrogen-bond donors (Lipinski definition) is 0. The van der Waals surface area contributed by atoms with Gasteiger partial charge in [-0.1, -0.05) is 13.8 Å². The van der Waals surface area contributed by atoms with E-state index >= 15 is 0 Å². The summed E-state index contributed by atoms with van der Waals surface area (Å²) in [6.07, 6.45) is 4.72. The van der Waals surface area contributed by atoms with E-state index in [9.17, 15) is 0 Å². The van der Waals surface area contributed by atoms with Gasteiger partial charge in [0.25, 0.3) is 0 Å². The largest absolute Gasteiger partial charge is 0.488 e. The smallest absolute Gasteiger partial charge is 0.144 e. The molecule has 1 aromatic heterocycles. The van der Waals surface area contributed by atoms with Crippen molar-refractivity contribution in [2.45, 2.75) is 45.6 Å². The molecule has 1 aliphatic carbocycles. The first-order valence-corrected chi connectivity index (χ1v) is 5.30. The number of aromatic nitrogens is 1. The van der Waals surface area contributed by atoms with Gasteiger partial charge in [-0.2, -0.15) is 0 Å². The molecule has 1 aromatic rings. The minimum atomic E-state index is 0.434. The maximum atomic E-state index is 5.89. The van der Waals surface area contributed by atoms with Crippen molar-refractivity contribution >= 4 is 0 Å². The molecule has 0 N–H and O–H groups in total. The molecule has 0 unspecified atom stereocenters. The number of aryl methyl sites for hydroxylation is 1. The van der Waals surface area contributed by atoms with Crippen LogP contribution in [0, 0.1) is 6.92 Å². The van der Waals surface area contributed by atoms with E-state index in [2.05, 4.69) is 25.8 Å². The predicted molar refractivity (Wildman–Crippen MR) is 56.7 cm³/mol. The molecule has 0 aromatic carbocycles. The summed E-state index contributed by atoms with van der Waals surface area (Å²) >= 11 is 0. The van der Waals surface area contributed by atoms with E-state index in [0.29, 0.717) is 12.0 Å². The van der Waals surface area contributed by atoms with Gasteiger partial charge >= 0.3 is 0 Å². The minimum Gasteiger partial charge on any atom is -0.488 e. The van der Waals surface area contributed by atoms with Crippen LogP contribution in [0.5, 0.6) is 5.75 Å². The molecular weight excluding hydrogens is 174 g/mol. The summed E-state index contributed by atoms with van der Waals surface area (Å²) in [7, 11) is 0. The summed E-state index contributed by atoms with van der Waals surface area (Å²) in [5, 5.41) is 0. The van der Waals surface area contributed by atoms with Gasteiger partial charge in [-0.3, -0.25) is 4.98 Å². The molecule has 0 spiro atoms. The lowest BCUT2D eigenvalue weighted by Crippen LogP contribution is -2.04. The Morgan fingerprint density at radius 1 is 1.43 bits per heavy atom. The van der Waals surface area contributed by atoms with Crippen LogP contribution in [0.4, 0.5) is 0 Å². The fourth-order valence-corrected chi connectivity index (χ4v) is 1.48. The van der Waals surface area contributed by atoms with E-state index in [0.717, 1.165) is 11.4 Å². The van der Waals surface area contributed by atoms with Crippen LogP contribution in [0.25, 0.3) is 0 Å². The lowest BCUT2D eigenvalue weighted by atomic mass is 10.1. The van der Waals surface area contributed by atoms with Gasteiger partial charge in [-0.15, -0.1) is 0 Å². The third-order valence-corrected chi connectivity index (χ3v) is 2.48. The summed E-state index contributed by atoms with van der Waals surface area (Å²) in [5.41, 5.74) is 2.30. The second kappa shape index (κ2) is 3.60. The maximum absolute atomic E-state index is 5.89. The van der Waals surface area contributed by atoms with Crippen molar-refractivity contribution in [1.29, 1.82) is 0 Å². The zero-order valence-corrected chi connectivity index (χ0v) is 9.08. The van der Waals surface area contributed by atoms with Crippen LogP contribution in [-0.2, 0) is 0 Å². The predicted octanol–water partition coefficient (Wildman–Crippen LogP) is 3.05. The molecule has 0 amide bonds. The van der Waals surface area contributed by atoms with Crippen molar-refractivity contribution in [2.24, 2.45) is 0 Å². The Morgan fingerprint density at radius 2 is 2.14 bits per heavy atom. The van der Waals surface area contributed by atoms with Crippen molar-refractivity contribution in [2.75, 3.05) is 0 Å². The third kappa shape index (κ3) is 1.89. The quantitative estimate of drug-likeness (QED) is 0.732. The van der Waals surface area contributed by atoms with Crippen LogP contribution in [0.3, 0.4) is 0 Å². The van der Waals surface area contributed by atoms with Crippen molar-refractivity contribution in [3.05, 3.63) is 23.5 Å². The number of ether oxygens (including phenoxy) is 1. The van der Waals surface area contributed by atoms with Gasteiger partial charge in [0.15, 0.2) is 0 Å². The van der Waals surface area contributed by atoms with Gasteiger partial charge in [0, 0.05) is 6.20 Å². The second-order valence-electron chi connectivity index (χ2n) is 4.31. The maximum Gasteiger partial charge on any atom is 0.144 e. The van der Waals surface area contributed by atoms with Gasteiger partial charge in [-0.25, -0.2) is 0 Å². The Labute approximate surface area is 85.3 Å². The lowest BCUT2D eigenvalue weighted by molar-refractivity contribution is 0.295. The van der Waals surface area contributed by atoms with Crippen molar-refractivity contribution < 1.29 is 4.74 Å². The van der Waals surface area contributed by atoms with E-state index < -0.39 is 0 Å². The number of pyridine rings is 1. The first-order chi connectivity index (χ1) is 6.68. The van der Waals surface area contributed by atoms with Crippen LogP contribution in [0.1, 0.15) is 43.9 Å². The van der Waals surface area contributed by atoms with Gasteiger partial charge in [0.2, 0.25) is 0 Å². The molecule has 0 bridgehead atoms. The summed E-state index contributed by atoms with van der Waals surface area (Å²) < 4.78 is 5.89. The van der Waals surface area contributed by atoms with E-state index in [1.807, 2.05) is 12.3 Å². The number of hydrogen-bond acceptors (Lipinski definition) is 2. The van der Waals surface area contributed by atoms with Crippen LogP contribution >= 0.6 is 0 Å². The first-order valence-electron chi connectivity index (χ1n) is 5.30. The molecule has 1 saturated carbocycles. The van der Waals surface area contributed by atoms with E-state index in [4.69, 9.17) is 4.74 Å². The van der Waals surface area contributed by atoms with Gasteiger partial charge in [0.1, 0.15) is 5.75 Å². The summed E-state index contributed by atoms with van der Waals surface area (Å²) in [6, 6.07) is 2.02. The summed E-state index contributed by atoms with van der Waals surface area (Å²) in [4.78, 5) is 4.39.